The average molecular weight is 279 g/mol. The summed E-state index contributed by atoms with van der Waals surface area (Å²) in [7, 11) is 0. The molecule has 2 unspecified atom stereocenters. The lowest BCUT2D eigenvalue weighted by molar-refractivity contribution is -0.133. The lowest BCUT2D eigenvalue weighted by Gasteiger charge is -2.36. The van der Waals surface area contributed by atoms with Crippen molar-refractivity contribution < 1.29 is 4.79 Å². The molecule has 0 spiro atoms. The molecule has 2 aliphatic heterocycles. The smallest absolute Gasteiger partial charge is 0.236 e. The lowest BCUT2D eigenvalue weighted by Crippen LogP contribution is -2.48. The Kier molecular flexibility index (Phi) is 4.61. The van der Waals surface area contributed by atoms with Gasteiger partial charge < -0.3 is 10.2 Å². The summed E-state index contributed by atoms with van der Waals surface area (Å²) in [5.41, 5.74) is 0. The van der Waals surface area contributed by atoms with Gasteiger partial charge in [-0.3, -0.25) is 9.69 Å². The van der Waals surface area contributed by atoms with Gasteiger partial charge in [0.05, 0.1) is 6.54 Å². The molecule has 0 bridgehead atoms. The maximum absolute atomic E-state index is 12.4. The highest BCUT2D eigenvalue weighted by Gasteiger charge is 2.34. The van der Waals surface area contributed by atoms with Crippen LogP contribution in [0.1, 0.15) is 45.4 Å². The number of nitrogens with one attached hydrogen (secondary N) is 1. The number of piperidine rings is 1. The first-order valence-corrected chi connectivity index (χ1v) is 8.53. The van der Waals surface area contributed by atoms with Gasteiger partial charge in [0.15, 0.2) is 0 Å². The Bertz CT molecular complexity index is 337. The molecular formula is C16H29N3O. The quantitative estimate of drug-likeness (QED) is 0.827. The third-order valence-corrected chi connectivity index (χ3v) is 5.22. The molecule has 0 radical (unpaired) electrons. The number of hydrogen-bond donors (Lipinski definition) is 1. The highest BCUT2D eigenvalue weighted by atomic mass is 16.2. The van der Waals surface area contributed by atoms with E-state index in [1.54, 1.807) is 0 Å². The Balaban J connectivity index is 1.50. The molecule has 1 N–H and O–H groups in total. The van der Waals surface area contributed by atoms with E-state index in [2.05, 4.69) is 22.0 Å². The maximum Gasteiger partial charge on any atom is 0.236 e. The van der Waals surface area contributed by atoms with Crippen LogP contribution in [0.4, 0.5) is 0 Å². The Labute approximate surface area is 122 Å². The van der Waals surface area contributed by atoms with Crippen molar-refractivity contribution in [1.29, 1.82) is 0 Å². The number of carbonyl (C=O) groups excluding carboxylic acids is 1. The predicted molar refractivity (Wildman–Crippen MR) is 80.6 cm³/mol. The van der Waals surface area contributed by atoms with Gasteiger partial charge in [0.1, 0.15) is 0 Å². The highest BCUT2D eigenvalue weighted by Crippen LogP contribution is 2.28. The molecule has 1 saturated carbocycles. The molecule has 2 heterocycles. The fourth-order valence-corrected chi connectivity index (χ4v) is 3.98. The molecule has 1 aliphatic carbocycles. The molecule has 0 aromatic carbocycles. The summed E-state index contributed by atoms with van der Waals surface area (Å²) >= 11 is 0. The van der Waals surface area contributed by atoms with Crippen molar-refractivity contribution in [3.63, 3.8) is 0 Å². The number of likely N-dealkylation sites (N-methyl/N-ethyl adjacent to an activating group) is 1. The third kappa shape index (κ3) is 3.34. The van der Waals surface area contributed by atoms with Crippen molar-refractivity contribution in [2.24, 2.45) is 5.92 Å². The lowest BCUT2D eigenvalue weighted by atomic mass is 9.90. The second-order valence-electron chi connectivity index (χ2n) is 6.75. The first kappa shape index (κ1) is 14.3. The summed E-state index contributed by atoms with van der Waals surface area (Å²) in [5, 5.41) is 3.64. The van der Waals surface area contributed by atoms with Gasteiger partial charge in [-0.05, 0) is 64.5 Å². The second kappa shape index (κ2) is 6.44. The normalized spacial score (nSPS) is 31.4. The monoisotopic (exact) mass is 279 g/mol. The van der Waals surface area contributed by atoms with Crippen LogP contribution in [0.3, 0.4) is 0 Å². The number of nitrogens with zero attached hydrogens (tertiary/aromatic N) is 2. The van der Waals surface area contributed by atoms with Crippen molar-refractivity contribution in [3.05, 3.63) is 0 Å². The van der Waals surface area contributed by atoms with Crippen LogP contribution >= 0.6 is 0 Å². The molecule has 3 rings (SSSR count). The van der Waals surface area contributed by atoms with E-state index >= 15 is 0 Å². The molecule has 2 atom stereocenters. The van der Waals surface area contributed by atoms with Crippen LogP contribution in [-0.4, -0.2) is 60.5 Å². The molecule has 3 fully saturated rings. The van der Waals surface area contributed by atoms with E-state index in [9.17, 15) is 4.79 Å². The summed E-state index contributed by atoms with van der Waals surface area (Å²) in [6.45, 7) is 7.05. The molecule has 4 heteroatoms. The number of amides is 1. The summed E-state index contributed by atoms with van der Waals surface area (Å²) in [4.78, 5) is 16.9. The van der Waals surface area contributed by atoms with E-state index in [0.29, 0.717) is 24.5 Å². The fraction of sp³-hybridized carbons (Fsp3) is 0.938. The zero-order valence-corrected chi connectivity index (χ0v) is 12.8. The Hall–Kier alpha value is -0.610. The van der Waals surface area contributed by atoms with Gasteiger partial charge >= 0.3 is 0 Å². The van der Waals surface area contributed by atoms with Crippen molar-refractivity contribution in [3.8, 4) is 0 Å². The van der Waals surface area contributed by atoms with Gasteiger partial charge in [0.25, 0.3) is 0 Å². The minimum atomic E-state index is 0.357. The number of rotatable bonds is 5. The SMILES string of the molecule is CCN(C(=O)CN1CCCC(C2CCCN2)C1)C1CC1. The Morgan fingerprint density at radius 2 is 2.10 bits per heavy atom. The number of hydrogen-bond acceptors (Lipinski definition) is 3. The van der Waals surface area contributed by atoms with E-state index in [0.717, 1.165) is 25.6 Å². The van der Waals surface area contributed by atoms with Crippen LogP contribution in [-0.2, 0) is 4.79 Å². The number of likely N-dealkylation sites (tertiary alicyclic amines) is 1. The minimum absolute atomic E-state index is 0.357. The molecule has 1 amide bonds. The number of carbonyl (C=O) groups is 1. The fourth-order valence-electron chi connectivity index (χ4n) is 3.98. The van der Waals surface area contributed by atoms with E-state index in [4.69, 9.17) is 0 Å². The highest BCUT2D eigenvalue weighted by molar-refractivity contribution is 5.78. The molecule has 114 valence electrons. The molecular weight excluding hydrogens is 250 g/mol. The third-order valence-electron chi connectivity index (χ3n) is 5.22. The average Bonchev–Trinajstić information content (AvgIpc) is 3.13. The van der Waals surface area contributed by atoms with Crippen molar-refractivity contribution in [2.45, 2.75) is 57.5 Å². The zero-order valence-electron chi connectivity index (χ0n) is 12.8. The Morgan fingerprint density at radius 1 is 1.25 bits per heavy atom. The topological polar surface area (TPSA) is 35.6 Å². The summed E-state index contributed by atoms with van der Waals surface area (Å²) in [5.74, 6) is 1.12. The molecule has 3 aliphatic rings. The van der Waals surface area contributed by atoms with Gasteiger partial charge in [0.2, 0.25) is 5.91 Å². The molecule has 2 saturated heterocycles. The van der Waals surface area contributed by atoms with E-state index in [1.807, 2.05) is 0 Å². The van der Waals surface area contributed by atoms with Gasteiger partial charge in [-0.1, -0.05) is 0 Å². The van der Waals surface area contributed by atoms with Crippen LogP contribution in [0.15, 0.2) is 0 Å². The minimum Gasteiger partial charge on any atom is -0.339 e. The first-order chi connectivity index (χ1) is 9.78. The van der Waals surface area contributed by atoms with E-state index < -0.39 is 0 Å². The maximum atomic E-state index is 12.4. The van der Waals surface area contributed by atoms with Gasteiger partial charge in [-0.25, -0.2) is 0 Å². The standard InChI is InChI=1S/C16H29N3O/c1-2-19(14-7-8-14)16(20)12-18-10-4-5-13(11-18)15-6-3-9-17-15/h13-15,17H,2-12H2,1H3. The molecule has 0 aromatic heterocycles. The van der Waals surface area contributed by atoms with E-state index in [-0.39, 0.29) is 0 Å². The summed E-state index contributed by atoms with van der Waals surface area (Å²) in [6, 6.07) is 1.27. The van der Waals surface area contributed by atoms with E-state index in [1.165, 1.54) is 45.1 Å². The Morgan fingerprint density at radius 3 is 2.75 bits per heavy atom. The predicted octanol–water partition coefficient (Wildman–Crippen LogP) is 1.46. The van der Waals surface area contributed by atoms with Crippen molar-refractivity contribution in [1.82, 2.24) is 15.1 Å². The molecule has 0 aromatic rings. The van der Waals surface area contributed by atoms with Crippen LogP contribution in [0.25, 0.3) is 0 Å². The van der Waals surface area contributed by atoms with Crippen molar-refractivity contribution in [2.75, 3.05) is 32.7 Å². The van der Waals surface area contributed by atoms with Crippen LogP contribution in [0, 0.1) is 5.92 Å². The van der Waals surface area contributed by atoms with Gasteiger partial charge in [-0.15, -0.1) is 0 Å². The van der Waals surface area contributed by atoms with Crippen LogP contribution in [0.5, 0.6) is 0 Å². The zero-order chi connectivity index (χ0) is 13.9. The van der Waals surface area contributed by atoms with Gasteiger partial charge in [-0.2, -0.15) is 0 Å². The van der Waals surface area contributed by atoms with Crippen LogP contribution in [0.2, 0.25) is 0 Å². The molecule has 20 heavy (non-hydrogen) atoms. The van der Waals surface area contributed by atoms with Gasteiger partial charge in [0, 0.05) is 25.2 Å². The van der Waals surface area contributed by atoms with Crippen molar-refractivity contribution >= 4 is 5.91 Å². The molecule has 4 nitrogen and oxygen atoms in total. The summed E-state index contributed by atoms with van der Waals surface area (Å²) < 4.78 is 0. The van der Waals surface area contributed by atoms with Crippen LogP contribution < -0.4 is 5.32 Å². The first-order valence-electron chi connectivity index (χ1n) is 8.53. The second-order valence-corrected chi connectivity index (χ2v) is 6.75. The summed E-state index contributed by atoms with van der Waals surface area (Å²) in [6.07, 6.45) is 7.68. The largest absolute Gasteiger partial charge is 0.339 e.